The predicted molar refractivity (Wildman–Crippen MR) is 134 cm³/mol. The Labute approximate surface area is 195 Å². The molecule has 32 heavy (non-hydrogen) atoms. The van der Waals surface area contributed by atoms with Crippen LogP contribution in [-0.4, -0.2) is 19.3 Å². The molecule has 0 spiro atoms. The lowest BCUT2D eigenvalue weighted by molar-refractivity contribution is -0.137. The normalized spacial score (nSPS) is 26.2. The molecule has 174 valence electrons. The Balaban J connectivity index is 1.28. The van der Waals surface area contributed by atoms with Crippen molar-refractivity contribution >= 4 is 0 Å². The van der Waals surface area contributed by atoms with Crippen molar-refractivity contribution in [3.8, 4) is 11.1 Å². The Morgan fingerprint density at radius 3 is 1.91 bits per heavy atom. The van der Waals surface area contributed by atoms with Gasteiger partial charge in [0.25, 0.3) is 0 Å². The molecule has 2 heteroatoms. The van der Waals surface area contributed by atoms with Gasteiger partial charge in [-0.25, -0.2) is 0 Å². The van der Waals surface area contributed by atoms with E-state index in [0.717, 1.165) is 24.9 Å². The molecular formula is C30H42O2. The second-order valence-electron chi connectivity index (χ2n) is 10.00. The van der Waals surface area contributed by atoms with E-state index < -0.39 is 0 Å². The maximum absolute atomic E-state index is 6.15. The topological polar surface area (TPSA) is 18.5 Å². The quantitative estimate of drug-likeness (QED) is 0.368. The summed E-state index contributed by atoms with van der Waals surface area (Å²) in [5, 5.41) is 0. The first-order valence-corrected chi connectivity index (χ1v) is 13.2. The molecule has 0 amide bonds. The molecule has 0 N–H and O–H groups in total. The van der Waals surface area contributed by atoms with Gasteiger partial charge in [0.05, 0.1) is 19.3 Å². The van der Waals surface area contributed by atoms with E-state index in [-0.39, 0.29) is 12.2 Å². The van der Waals surface area contributed by atoms with Crippen LogP contribution in [0, 0.1) is 5.92 Å². The zero-order chi connectivity index (χ0) is 22.2. The summed E-state index contributed by atoms with van der Waals surface area (Å²) in [7, 11) is 0. The Hall–Kier alpha value is -1.64. The summed E-state index contributed by atoms with van der Waals surface area (Å²) in [5.74, 6) is 1.72. The first-order chi connectivity index (χ1) is 15.8. The van der Waals surface area contributed by atoms with Crippen molar-refractivity contribution < 1.29 is 9.47 Å². The number of hydrogen-bond donors (Lipinski definition) is 0. The van der Waals surface area contributed by atoms with Gasteiger partial charge >= 0.3 is 0 Å². The van der Waals surface area contributed by atoms with Crippen molar-refractivity contribution in [1.82, 2.24) is 0 Å². The van der Waals surface area contributed by atoms with Crippen molar-refractivity contribution in [3.63, 3.8) is 0 Å². The summed E-state index contributed by atoms with van der Waals surface area (Å²) in [6.07, 6.45) is 13.5. The van der Waals surface area contributed by atoms with Crippen molar-refractivity contribution in [1.29, 1.82) is 0 Å². The fourth-order valence-electron chi connectivity index (χ4n) is 5.44. The van der Waals surface area contributed by atoms with E-state index in [1.807, 2.05) is 0 Å². The molecule has 1 aliphatic heterocycles. The molecule has 2 aliphatic rings. The van der Waals surface area contributed by atoms with Gasteiger partial charge in [-0.3, -0.25) is 0 Å². The molecule has 1 aliphatic carbocycles. The average Bonchev–Trinajstić information content (AvgIpc) is 2.87. The van der Waals surface area contributed by atoms with Crippen molar-refractivity contribution in [3.05, 3.63) is 59.7 Å². The Morgan fingerprint density at radius 1 is 0.688 bits per heavy atom. The van der Waals surface area contributed by atoms with Crippen LogP contribution in [0.1, 0.15) is 101 Å². The van der Waals surface area contributed by atoms with Crippen LogP contribution < -0.4 is 0 Å². The Kier molecular flexibility index (Phi) is 8.82. The molecule has 2 aromatic rings. The molecule has 0 unspecified atom stereocenters. The minimum absolute atomic E-state index is 0.0663. The van der Waals surface area contributed by atoms with Crippen molar-refractivity contribution in [2.75, 3.05) is 13.2 Å². The lowest BCUT2D eigenvalue weighted by atomic mass is 9.77. The van der Waals surface area contributed by atoms with Gasteiger partial charge in [-0.2, -0.15) is 0 Å². The summed E-state index contributed by atoms with van der Waals surface area (Å²) >= 11 is 0. The van der Waals surface area contributed by atoms with Gasteiger partial charge < -0.3 is 9.47 Å². The molecule has 2 fully saturated rings. The van der Waals surface area contributed by atoms with Crippen LogP contribution in [0.2, 0.25) is 0 Å². The van der Waals surface area contributed by atoms with Crippen LogP contribution in [0.3, 0.4) is 0 Å². The van der Waals surface area contributed by atoms with Gasteiger partial charge in [-0.1, -0.05) is 94.5 Å². The highest BCUT2D eigenvalue weighted by Gasteiger charge is 2.23. The molecule has 1 saturated heterocycles. The predicted octanol–water partition coefficient (Wildman–Crippen LogP) is 8.46. The molecule has 1 saturated carbocycles. The lowest BCUT2D eigenvalue weighted by Crippen LogP contribution is -2.31. The molecule has 4 rings (SSSR count). The minimum Gasteiger partial charge on any atom is -0.373 e. The fraction of sp³-hybridized carbons (Fsp3) is 0.600. The van der Waals surface area contributed by atoms with Crippen molar-refractivity contribution in [2.45, 2.75) is 96.2 Å². The fourth-order valence-corrected chi connectivity index (χ4v) is 5.44. The second-order valence-corrected chi connectivity index (χ2v) is 10.00. The summed E-state index contributed by atoms with van der Waals surface area (Å²) in [6.45, 7) is 5.99. The molecule has 2 nitrogen and oxygen atoms in total. The van der Waals surface area contributed by atoms with E-state index in [2.05, 4.69) is 62.4 Å². The molecular weight excluding hydrogens is 392 g/mol. The van der Waals surface area contributed by atoms with Crippen LogP contribution in [0.4, 0.5) is 0 Å². The van der Waals surface area contributed by atoms with Gasteiger partial charge in [-0.05, 0) is 66.2 Å². The SMILES string of the molecule is CCCCCC[C@H]1CO[C@H](c2ccc(-c3ccc([C@H]4CC[C@H](CC)CC4)cc3)cc2)CO1. The smallest absolute Gasteiger partial charge is 0.106 e. The van der Waals surface area contributed by atoms with Gasteiger partial charge in [-0.15, -0.1) is 0 Å². The van der Waals surface area contributed by atoms with Gasteiger partial charge in [0.1, 0.15) is 6.10 Å². The summed E-state index contributed by atoms with van der Waals surface area (Å²) in [4.78, 5) is 0. The summed E-state index contributed by atoms with van der Waals surface area (Å²) in [6, 6.07) is 18.2. The molecule has 2 aromatic carbocycles. The number of ether oxygens (including phenoxy) is 2. The first-order valence-electron chi connectivity index (χ1n) is 13.2. The van der Waals surface area contributed by atoms with Crippen LogP contribution in [0.25, 0.3) is 11.1 Å². The third-order valence-electron chi connectivity index (χ3n) is 7.77. The van der Waals surface area contributed by atoms with Crippen molar-refractivity contribution in [2.24, 2.45) is 5.92 Å². The molecule has 0 aromatic heterocycles. The molecule has 1 heterocycles. The van der Waals surface area contributed by atoms with Crippen LogP contribution in [0.5, 0.6) is 0 Å². The van der Waals surface area contributed by atoms with E-state index in [1.54, 1.807) is 0 Å². The van der Waals surface area contributed by atoms with E-state index in [4.69, 9.17) is 9.47 Å². The number of hydrogen-bond acceptors (Lipinski definition) is 2. The minimum atomic E-state index is 0.0663. The van der Waals surface area contributed by atoms with E-state index in [1.165, 1.54) is 80.0 Å². The largest absolute Gasteiger partial charge is 0.373 e. The van der Waals surface area contributed by atoms with Gasteiger partial charge in [0.2, 0.25) is 0 Å². The summed E-state index contributed by atoms with van der Waals surface area (Å²) < 4.78 is 12.3. The highest BCUT2D eigenvalue weighted by molar-refractivity contribution is 5.64. The van der Waals surface area contributed by atoms with Crippen LogP contribution >= 0.6 is 0 Å². The highest BCUT2D eigenvalue weighted by atomic mass is 16.6. The zero-order valence-corrected chi connectivity index (χ0v) is 20.2. The number of benzene rings is 2. The second kappa shape index (κ2) is 12.0. The number of unbranched alkanes of at least 4 members (excludes halogenated alkanes) is 3. The maximum atomic E-state index is 6.15. The average molecular weight is 435 g/mol. The lowest BCUT2D eigenvalue weighted by Gasteiger charge is -2.30. The Morgan fingerprint density at radius 2 is 1.34 bits per heavy atom. The molecule has 0 radical (unpaired) electrons. The molecule has 2 atom stereocenters. The van der Waals surface area contributed by atoms with Crippen LogP contribution in [-0.2, 0) is 9.47 Å². The zero-order valence-electron chi connectivity index (χ0n) is 20.2. The van der Waals surface area contributed by atoms with E-state index in [0.29, 0.717) is 6.61 Å². The van der Waals surface area contributed by atoms with E-state index >= 15 is 0 Å². The standard InChI is InChI=1S/C30H42O2/c1-3-5-6-7-8-29-21-32-30(22-31-29)28-19-17-27(18-20-28)26-15-13-25(14-16-26)24-11-9-23(4-2)10-12-24/h13-20,23-24,29-30H,3-12,21-22H2,1-2H3/t23-,24-,29-,30-/m0/s1. The highest BCUT2D eigenvalue weighted by Crippen LogP contribution is 2.37. The van der Waals surface area contributed by atoms with Gasteiger partial charge in [0, 0.05) is 0 Å². The number of rotatable bonds is 9. The first kappa shape index (κ1) is 23.5. The van der Waals surface area contributed by atoms with E-state index in [9.17, 15) is 0 Å². The summed E-state index contributed by atoms with van der Waals surface area (Å²) in [5.41, 5.74) is 5.33. The van der Waals surface area contributed by atoms with Crippen LogP contribution in [0.15, 0.2) is 48.5 Å². The van der Waals surface area contributed by atoms with Gasteiger partial charge in [0.15, 0.2) is 0 Å². The maximum Gasteiger partial charge on any atom is 0.106 e. The third-order valence-corrected chi connectivity index (χ3v) is 7.77. The third kappa shape index (κ3) is 6.23. The monoisotopic (exact) mass is 434 g/mol. The Bertz CT molecular complexity index is 779. The molecule has 0 bridgehead atoms.